The third-order valence-electron chi connectivity index (χ3n) is 3.93. The molecule has 1 saturated heterocycles. The molecule has 0 aliphatic carbocycles. The predicted octanol–water partition coefficient (Wildman–Crippen LogP) is 1.37. The molecule has 1 amide bonds. The molecule has 0 aromatic carbocycles. The van der Waals surface area contributed by atoms with Gasteiger partial charge < -0.3 is 5.73 Å². The van der Waals surface area contributed by atoms with Crippen LogP contribution in [0.15, 0.2) is 0 Å². The molecule has 1 rings (SSSR count). The van der Waals surface area contributed by atoms with Crippen LogP contribution in [0.5, 0.6) is 0 Å². The normalized spacial score (nSPS) is 23.6. The van der Waals surface area contributed by atoms with E-state index in [2.05, 4.69) is 18.7 Å². The molecule has 0 saturated carbocycles. The molecule has 14 heavy (non-hydrogen) atoms. The number of likely N-dealkylation sites (tertiary alicyclic amines) is 1. The Hall–Kier alpha value is -0.570. The summed E-state index contributed by atoms with van der Waals surface area (Å²) in [7, 11) is 0. The van der Waals surface area contributed by atoms with Gasteiger partial charge in [-0.05, 0) is 38.1 Å². The molecule has 0 aromatic heterocycles. The summed E-state index contributed by atoms with van der Waals surface area (Å²) in [5.74, 6) is -0.201. The number of hydrogen-bond acceptors (Lipinski definition) is 2. The van der Waals surface area contributed by atoms with Crippen LogP contribution in [0.2, 0.25) is 0 Å². The lowest BCUT2D eigenvalue weighted by Gasteiger charge is -2.28. The fourth-order valence-electron chi connectivity index (χ4n) is 2.31. The van der Waals surface area contributed by atoms with Crippen LogP contribution < -0.4 is 5.73 Å². The summed E-state index contributed by atoms with van der Waals surface area (Å²) >= 11 is 0. The van der Waals surface area contributed by atoms with Crippen LogP contribution in [-0.4, -0.2) is 29.9 Å². The minimum Gasteiger partial charge on any atom is -0.368 e. The Morgan fingerprint density at radius 1 is 1.50 bits per heavy atom. The minimum atomic E-state index is -0.201. The van der Waals surface area contributed by atoms with Crippen LogP contribution >= 0.6 is 0 Å². The molecule has 1 heterocycles. The van der Waals surface area contributed by atoms with E-state index in [0.29, 0.717) is 5.41 Å². The van der Waals surface area contributed by atoms with E-state index in [1.54, 1.807) is 0 Å². The van der Waals surface area contributed by atoms with E-state index >= 15 is 0 Å². The van der Waals surface area contributed by atoms with Gasteiger partial charge >= 0.3 is 0 Å². The van der Waals surface area contributed by atoms with Gasteiger partial charge in [0.1, 0.15) is 0 Å². The Morgan fingerprint density at radius 3 is 2.43 bits per heavy atom. The summed E-state index contributed by atoms with van der Waals surface area (Å²) in [5.41, 5.74) is 5.74. The fourth-order valence-corrected chi connectivity index (χ4v) is 2.31. The van der Waals surface area contributed by atoms with E-state index in [1.165, 1.54) is 19.3 Å². The van der Waals surface area contributed by atoms with Crippen LogP contribution in [-0.2, 0) is 4.79 Å². The Kier molecular flexibility index (Phi) is 3.53. The van der Waals surface area contributed by atoms with Gasteiger partial charge in [0.15, 0.2) is 0 Å². The molecule has 1 fully saturated rings. The number of carbonyl (C=O) groups is 1. The minimum absolute atomic E-state index is 0.102. The van der Waals surface area contributed by atoms with Gasteiger partial charge in [0.05, 0.1) is 6.04 Å². The van der Waals surface area contributed by atoms with Gasteiger partial charge in [-0.1, -0.05) is 13.8 Å². The van der Waals surface area contributed by atoms with Crippen molar-refractivity contribution in [2.24, 2.45) is 11.1 Å². The molecule has 0 bridgehead atoms. The number of nitrogens with zero attached hydrogens (tertiary/aromatic N) is 1. The Morgan fingerprint density at radius 2 is 2.07 bits per heavy atom. The zero-order valence-corrected chi connectivity index (χ0v) is 9.55. The highest BCUT2D eigenvalue weighted by Crippen LogP contribution is 2.37. The van der Waals surface area contributed by atoms with E-state index in [1.807, 2.05) is 6.92 Å². The lowest BCUT2D eigenvalue weighted by atomic mass is 9.82. The second kappa shape index (κ2) is 4.30. The lowest BCUT2D eigenvalue weighted by molar-refractivity contribution is -0.122. The molecule has 0 spiro atoms. The standard InChI is InChI=1S/C11H22N2O/c1-4-11(5-2)6-7-13(8-11)9(3)10(12)14/h9H,4-8H2,1-3H3,(H2,12,14). The highest BCUT2D eigenvalue weighted by atomic mass is 16.1. The van der Waals surface area contributed by atoms with Crippen molar-refractivity contribution >= 4 is 5.91 Å². The number of amides is 1. The third kappa shape index (κ3) is 2.08. The molecule has 2 N–H and O–H groups in total. The Bertz CT molecular complexity index is 211. The summed E-state index contributed by atoms with van der Waals surface area (Å²) < 4.78 is 0. The maximum absolute atomic E-state index is 11.1. The maximum atomic E-state index is 11.1. The molecule has 3 nitrogen and oxygen atoms in total. The molecule has 1 aliphatic rings. The van der Waals surface area contributed by atoms with Crippen molar-refractivity contribution in [1.29, 1.82) is 0 Å². The van der Waals surface area contributed by atoms with Crippen molar-refractivity contribution in [3.63, 3.8) is 0 Å². The summed E-state index contributed by atoms with van der Waals surface area (Å²) in [6, 6.07) is -0.102. The quantitative estimate of drug-likeness (QED) is 0.741. The van der Waals surface area contributed by atoms with E-state index in [-0.39, 0.29) is 11.9 Å². The van der Waals surface area contributed by atoms with Gasteiger partial charge in [-0.3, -0.25) is 9.69 Å². The number of nitrogens with two attached hydrogens (primary N) is 1. The summed E-state index contributed by atoms with van der Waals surface area (Å²) in [6.45, 7) is 8.43. The average molecular weight is 198 g/mol. The van der Waals surface area contributed by atoms with Gasteiger partial charge in [0, 0.05) is 6.54 Å². The van der Waals surface area contributed by atoms with Crippen molar-refractivity contribution in [3.8, 4) is 0 Å². The van der Waals surface area contributed by atoms with E-state index in [4.69, 9.17) is 5.73 Å². The molecule has 1 unspecified atom stereocenters. The first kappa shape index (κ1) is 11.5. The topological polar surface area (TPSA) is 46.3 Å². The SMILES string of the molecule is CCC1(CC)CCN(C(C)C(N)=O)C1. The molecule has 1 aliphatic heterocycles. The van der Waals surface area contributed by atoms with Gasteiger partial charge in [-0.25, -0.2) is 0 Å². The van der Waals surface area contributed by atoms with Crippen LogP contribution in [0.4, 0.5) is 0 Å². The molecular formula is C11H22N2O. The number of primary amides is 1. The molecule has 0 aromatic rings. The van der Waals surface area contributed by atoms with Gasteiger partial charge in [-0.2, -0.15) is 0 Å². The highest BCUT2D eigenvalue weighted by Gasteiger charge is 2.37. The van der Waals surface area contributed by atoms with E-state index in [9.17, 15) is 4.79 Å². The second-order valence-corrected chi connectivity index (χ2v) is 4.51. The first-order valence-electron chi connectivity index (χ1n) is 5.58. The molecule has 3 heteroatoms. The van der Waals surface area contributed by atoms with E-state index in [0.717, 1.165) is 13.1 Å². The van der Waals surface area contributed by atoms with Crippen molar-refractivity contribution in [1.82, 2.24) is 4.90 Å². The summed E-state index contributed by atoms with van der Waals surface area (Å²) in [5, 5.41) is 0. The predicted molar refractivity (Wildman–Crippen MR) is 57.9 cm³/mol. The fraction of sp³-hybridized carbons (Fsp3) is 0.909. The molecule has 82 valence electrons. The van der Waals surface area contributed by atoms with Crippen LogP contribution in [0.25, 0.3) is 0 Å². The monoisotopic (exact) mass is 198 g/mol. The Labute approximate surface area is 86.6 Å². The van der Waals surface area contributed by atoms with E-state index < -0.39 is 0 Å². The highest BCUT2D eigenvalue weighted by molar-refractivity contribution is 5.79. The molecule has 1 atom stereocenters. The van der Waals surface area contributed by atoms with Crippen molar-refractivity contribution in [2.75, 3.05) is 13.1 Å². The van der Waals surface area contributed by atoms with Crippen LogP contribution in [0.1, 0.15) is 40.0 Å². The van der Waals surface area contributed by atoms with Gasteiger partial charge in [0.2, 0.25) is 5.91 Å². The smallest absolute Gasteiger partial charge is 0.234 e. The largest absolute Gasteiger partial charge is 0.368 e. The van der Waals surface area contributed by atoms with Gasteiger partial charge in [0.25, 0.3) is 0 Å². The zero-order valence-electron chi connectivity index (χ0n) is 9.55. The molecule has 0 radical (unpaired) electrons. The van der Waals surface area contributed by atoms with Crippen molar-refractivity contribution < 1.29 is 4.79 Å². The first-order valence-corrected chi connectivity index (χ1v) is 5.58. The summed E-state index contributed by atoms with van der Waals surface area (Å²) in [4.78, 5) is 13.3. The lowest BCUT2D eigenvalue weighted by Crippen LogP contribution is -2.42. The number of carbonyl (C=O) groups excluding carboxylic acids is 1. The average Bonchev–Trinajstić information content (AvgIpc) is 2.61. The second-order valence-electron chi connectivity index (χ2n) is 4.51. The summed E-state index contributed by atoms with van der Waals surface area (Å²) in [6.07, 6.45) is 3.61. The zero-order chi connectivity index (χ0) is 10.8. The first-order chi connectivity index (χ1) is 6.54. The van der Waals surface area contributed by atoms with Crippen molar-refractivity contribution in [3.05, 3.63) is 0 Å². The van der Waals surface area contributed by atoms with Gasteiger partial charge in [-0.15, -0.1) is 0 Å². The number of hydrogen-bond donors (Lipinski definition) is 1. The van der Waals surface area contributed by atoms with Crippen LogP contribution in [0, 0.1) is 5.41 Å². The van der Waals surface area contributed by atoms with Crippen LogP contribution in [0.3, 0.4) is 0 Å². The molecular weight excluding hydrogens is 176 g/mol. The maximum Gasteiger partial charge on any atom is 0.234 e. The third-order valence-corrected chi connectivity index (χ3v) is 3.93. The number of rotatable bonds is 4. The van der Waals surface area contributed by atoms with Crippen molar-refractivity contribution in [2.45, 2.75) is 46.1 Å². The Balaban J connectivity index is 2.60.